The molecule has 0 aromatic carbocycles. The highest BCUT2D eigenvalue weighted by molar-refractivity contribution is 5.42. The third-order valence-electron chi connectivity index (χ3n) is 3.48. The molecule has 2 N–H and O–H groups in total. The van der Waals surface area contributed by atoms with Crippen LogP contribution in [-0.2, 0) is 6.54 Å². The first-order valence-electron chi connectivity index (χ1n) is 6.52. The Hall–Kier alpha value is -1.29. The Labute approximate surface area is 102 Å². The first kappa shape index (κ1) is 10.8. The lowest BCUT2D eigenvalue weighted by Crippen LogP contribution is -2.16. The average molecular weight is 233 g/mol. The molecule has 4 heteroatoms. The molecule has 0 amide bonds. The molecule has 0 atom stereocenters. The Balaban J connectivity index is 1.74. The summed E-state index contributed by atoms with van der Waals surface area (Å²) in [5.74, 6) is 1.75. The number of rotatable bonds is 2. The maximum absolute atomic E-state index is 5.64. The van der Waals surface area contributed by atoms with Gasteiger partial charge in [0, 0.05) is 24.7 Å². The van der Waals surface area contributed by atoms with Crippen LogP contribution in [0.2, 0.25) is 0 Å². The SMILES string of the molecule is c1cc2c(nc1NC1CCCC1)OCCNC2. The van der Waals surface area contributed by atoms with Crippen molar-refractivity contribution >= 4 is 5.82 Å². The minimum absolute atomic E-state index is 0.601. The van der Waals surface area contributed by atoms with Crippen molar-refractivity contribution in [3.05, 3.63) is 17.7 Å². The van der Waals surface area contributed by atoms with Crippen LogP contribution in [0.4, 0.5) is 5.82 Å². The Kier molecular flexibility index (Phi) is 3.14. The molecule has 0 saturated heterocycles. The van der Waals surface area contributed by atoms with Gasteiger partial charge in [-0.1, -0.05) is 12.8 Å². The third kappa shape index (κ3) is 2.52. The van der Waals surface area contributed by atoms with E-state index in [1.807, 2.05) is 0 Å². The second-order valence-electron chi connectivity index (χ2n) is 4.81. The van der Waals surface area contributed by atoms with Gasteiger partial charge in [0.05, 0.1) is 0 Å². The van der Waals surface area contributed by atoms with Crippen LogP contribution >= 0.6 is 0 Å². The van der Waals surface area contributed by atoms with Gasteiger partial charge < -0.3 is 15.4 Å². The van der Waals surface area contributed by atoms with Crippen LogP contribution < -0.4 is 15.4 Å². The minimum atomic E-state index is 0.601. The molecule has 0 spiro atoms. The third-order valence-corrected chi connectivity index (χ3v) is 3.48. The summed E-state index contributed by atoms with van der Waals surface area (Å²) >= 11 is 0. The molecule has 1 aromatic heterocycles. The first-order valence-corrected chi connectivity index (χ1v) is 6.52. The summed E-state index contributed by atoms with van der Waals surface area (Å²) < 4.78 is 5.64. The second-order valence-corrected chi connectivity index (χ2v) is 4.81. The molecule has 2 heterocycles. The maximum atomic E-state index is 5.64. The summed E-state index contributed by atoms with van der Waals surface area (Å²) in [5.41, 5.74) is 1.15. The largest absolute Gasteiger partial charge is 0.476 e. The van der Waals surface area contributed by atoms with Crippen LogP contribution in [-0.4, -0.2) is 24.2 Å². The lowest BCUT2D eigenvalue weighted by atomic mass is 10.2. The van der Waals surface area contributed by atoms with Gasteiger partial charge in [-0.15, -0.1) is 0 Å². The van der Waals surface area contributed by atoms with Gasteiger partial charge in [0.25, 0.3) is 0 Å². The maximum Gasteiger partial charge on any atom is 0.219 e. The van der Waals surface area contributed by atoms with Crippen molar-refractivity contribution in [2.45, 2.75) is 38.3 Å². The molecular weight excluding hydrogens is 214 g/mol. The summed E-state index contributed by atoms with van der Waals surface area (Å²) in [6.07, 6.45) is 5.20. The smallest absolute Gasteiger partial charge is 0.219 e. The van der Waals surface area contributed by atoms with E-state index in [-0.39, 0.29) is 0 Å². The summed E-state index contributed by atoms with van der Waals surface area (Å²) in [7, 11) is 0. The van der Waals surface area contributed by atoms with E-state index in [0.29, 0.717) is 12.6 Å². The van der Waals surface area contributed by atoms with E-state index < -0.39 is 0 Å². The minimum Gasteiger partial charge on any atom is -0.476 e. The fourth-order valence-corrected chi connectivity index (χ4v) is 2.53. The van der Waals surface area contributed by atoms with Gasteiger partial charge in [0.15, 0.2) is 0 Å². The van der Waals surface area contributed by atoms with Gasteiger partial charge in [-0.25, -0.2) is 0 Å². The first-order chi connectivity index (χ1) is 8.42. The molecule has 92 valence electrons. The number of nitrogens with one attached hydrogen (secondary N) is 2. The van der Waals surface area contributed by atoms with Gasteiger partial charge >= 0.3 is 0 Å². The van der Waals surface area contributed by atoms with Gasteiger partial charge in [-0.2, -0.15) is 4.98 Å². The number of pyridine rings is 1. The van der Waals surface area contributed by atoms with Gasteiger partial charge in [-0.05, 0) is 25.0 Å². The Bertz CT molecular complexity index is 388. The topological polar surface area (TPSA) is 46.2 Å². The number of hydrogen-bond donors (Lipinski definition) is 2. The normalized spacial score (nSPS) is 20.5. The molecule has 1 saturated carbocycles. The van der Waals surface area contributed by atoms with E-state index in [1.54, 1.807) is 0 Å². The Morgan fingerprint density at radius 2 is 2.18 bits per heavy atom. The van der Waals surface area contributed by atoms with E-state index in [4.69, 9.17) is 4.74 Å². The second kappa shape index (κ2) is 4.92. The van der Waals surface area contributed by atoms with Crippen molar-refractivity contribution in [3.8, 4) is 5.88 Å². The van der Waals surface area contributed by atoms with Crippen LogP contribution in [0.15, 0.2) is 12.1 Å². The number of aromatic nitrogens is 1. The highest BCUT2D eigenvalue weighted by atomic mass is 16.5. The Morgan fingerprint density at radius 1 is 1.29 bits per heavy atom. The molecule has 0 unspecified atom stereocenters. The molecule has 4 nitrogen and oxygen atoms in total. The lowest BCUT2D eigenvalue weighted by Gasteiger charge is -2.14. The van der Waals surface area contributed by atoms with E-state index in [1.165, 1.54) is 25.7 Å². The fraction of sp³-hybridized carbons (Fsp3) is 0.615. The Morgan fingerprint density at radius 3 is 3.06 bits per heavy atom. The predicted molar refractivity (Wildman–Crippen MR) is 67.3 cm³/mol. The summed E-state index contributed by atoms with van der Waals surface area (Å²) in [6.45, 7) is 2.45. The highest BCUT2D eigenvalue weighted by Gasteiger charge is 2.16. The zero-order valence-electron chi connectivity index (χ0n) is 10.0. The molecular formula is C13H19N3O. The number of fused-ring (bicyclic) bond motifs is 1. The molecule has 0 radical (unpaired) electrons. The molecule has 2 aliphatic rings. The number of nitrogens with zero attached hydrogens (tertiary/aromatic N) is 1. The van der Waals surface area contributed by atoms with Crippen molar-refractivity contribution in [2.75, 3.05) is 18.5 Å². The van der Waals surface area contributed by atoms with Crippen molar-refractivity contribution < 1.29 is 4.74 Å². The van der Waals surface area contributed by atoms with E-state index in [9.17, 15) is 0 Å². The standard InChI is InChI=1S/C13H19N3O/c1-2-4-11(3-1)15-12-6-5-10-9-14-7-8-17-13(10)16-12/h5-6,11,14H,1-4,7-9H2,(H,15,16). The molecule has 1 fully saturated rings. The zero-order valence-corrected chi connectivity index (χ0v) is 10.0. The van der Waals surface area contributed by atoms with Crippen LogP contribution in [0.25, 0.3) is 0 Å². The van der Waals surface area contributed by atoms with Crippen LogP contribution in [0.5, 0.6) is 5.88 Å². The van der Waals surface area contributed by atoms with E-state index in [0.717, 1.165) is 30.4 Å². The van der Waals surface area contributed by atoms with Crippen molar-refractivity contribution in [2.24, 2.45) is 0 Å². The van der Waals surface area contributed by atoms with E-state index in [2.05, 4.69) is 27.8 Å². The van der Waals surface area contributed by atoms with Crippen molar-refractivity contribution in [1.29, 1.82) is 0 Å². The van der Waals surface area contributed by atoms with Gasteiger partial charge in [0.2, 0.25) is 5.88 Å². The van der Waals surface area contributed by atoms with Gasteiger partial charge in [-0.3, -0.25) is 0 Å². The molecule has 1 aliphatic heterocycles. The molecule has 0 bridgehead atoms. The summed E-state index contributed by atoms with van der Waals surface area (Å²) in [6, 6.07) is 4.77. The van der Waals surface area contributed by atoms with Crippen molar-refractivity contribution in [3.63, 3.8) is 0 Å². The lowest BCUT2D eigenvalue weighted by molar-refractivity contribution is 0.314. The quantitative estimate of drug-likeness (QED) is 0.819. The highest BCUT2D eigenvalue weighted by Crippen LogP contribution is 2.24. The van der Waals surface area contributed by atoms with Crippen molar-refractivity contribution in [1.82, 2.24) is 10.3 Å². The molecule has 1 aliphatic carbocycles. The molecule has 17 heavy (non-hydrogen) atoms. The number of anilines is 1. The average Bonchev–Trinajstić information content (AvgIpc) is 2.73. The predicted octanol–water partition coefficient (Wildman–Crippen LogP) is 1.92. The van der Waals surface area contributed by atoms with E-state index >= 15 is 0 Å². The van der Waals surface area contributed by atoms with Gasteiger partial charge in [0.1, 0.15) is 12.4 Å². The molecule has 3 rings (SSSR count). The zero-order chi connectivity index (χ0) is 11.5. The van der Waals surface area contributed by atoms with Crippen LogP contribution in [0.1, 0.15) is 31.2 Å². The van der Waals surface area contributed by atoms with Crippen LogP contribution in [0, 0.1) is 0 Å². The number of hydrogen-bond acceptors (Lipinski definition) is 4. The number of ether oxygens (including phenoxy) is 1. The molecule has 1 aromatic rings. The summed E-state index contributed by atoms with van der Waals surface area (Å²) in [4.78, 5) is 4.56. The summed E-state index contributed by atoms with van der Waals surface area (Å²) in [5, 5.41) is 6.81. The van der Waals surface area contributed by atoms with Crippen LogP contribution in [0.3, 0.4) is 0 Å². The monoisotopic (exact) mass is 233 g/mol. The fourth-order valence-electron chi connectivity index (χ4n) is 2.53.